The molecule has 5 rings (SSSR count). The topological polar surface area (TPSA) is 75.7 Å². The number of rotatable bonds is 3. The summed E-state index contributed by atoms with van der Waals surface area (Å²) in [5, 5.41) is 3.31. The molecule has 31 heavy (non-hydrogen) atoms. The SMILES string of the molecule is CN(C)c1cccc(Nc2nccn3c(Br)cnc23)c1.Cc1nccn2c(Br)cnc12. The van der Waals surface area contributed by atoms with Gasteiger partial charge in [0, 0.05) is 50.3 Å². The minimum atomic E-state index is 0.731. The van der Waals surface area contributed by atoms with Crippen molar-refractivity contribution < 1.29 is 0 Å². The number of hydrogen-bond acceptors (Lipinski definition) is 6. The molecule has 158 valence electrons. The first-order valence-electron chi connectivity index (χ1n) is 9.40. The first-order chi connectivity index (χ1) is 14.9. The number of aromatic nitrogens is 6. The van der Waals surface area contributed by atoms with Crippen molar-refractivity contribution in [3.05, 3.63) is 76.3 Å². The van der Waals surface area contributed by atoms with Crippen LogP contribution in [0.15, 0.2) is 70.7 Å². The third-order valence-electron chi connectivity index (χ3n) is 4.57. The zero-order valence-corrected chi connectivity index (χ0v) is 20.3. The number of imidazole rings is 2. The zero-order valence-electron chi connectivity index (χ0n) is 17.2. The molecule has 1 N–H and O–H groups in total. The molecule has 5 aromatic rings. The number of hydrogen-bond donors (Lipinski definition) is 1. The second kappa shape index (κ2) is 9.03. The van der Waals surface area contributed by atoms with Gasteiger partial charge in [-0.1, -0.05) is 6.07 Å². The first kappa shape index (κ1) is 21.3. The molecule has 0 spiro atoms. The summed E-state index contributed by atoms with van der Waals surface area (Å²) >= 11 is 6.83. The summed E-state index contributed by atoms with van der Waals surface area (Å²) in [6.45, 7) is 1.94. The Morgan fingerprint density at radius 2 is 1.52 bits per heavy atom. The molecule has 0 radical (unpaired) electrons. The molecule has 0 aliphatic rings. The maximum Gasteiger partial charge on any atom is 0.181 e. The van der Waals surface area contributed by atoms with Gasteiger partial charge in [0.25, 0.3) is 0 Å². The molecule has 4 heterocycles. The lowest BCUT2D eigenvalue weighted by molar-refractivity contribution is 1.06. The number of nitrogens with one attached hydrogen (secondary N) is 1. The first-order valence-corrected chi connectivity index (χ1v) is 11.0. The summed E-state index contributed by atoms with van der Waals surface area (Å²) in [5.74, 6) is 0.731. The van der Waals surface area contributed by atoms with E-state index in [2.05, 4.69) is 74.1 Å². The second-order valence-electron chi connectivity index (χ2n) is 6.91. The van der Waals surface area contributed by atoms with Gasteiger partial charge in [0.1, 0.15) is 9.21 Å². The summed E-state index contributed by atoms with van der Waals surface area (Å²) < 4.78 is 5.74. The molecule has 0 fully saturated rings. The van der Waals surface area contributed by atoms with E-state index in [4.69, 9.17) is 0 Å². The lowest BCUT2D eigenvalue weighted by atomic mass is 10.2. The van der Waals surface area contributed by atoms with Crippen LogP contribution < -0.4 is 10.2 Å². The molecular formula is C21H20Br2N8. The van der Waals surface area contributed by atoms with Crippen LogP contribution in [0.1, 0.15) is 5.69 Å². The maximum absolute atomic E-state index is 4.36. The van der Waals surface area contributed by atoms with Gasteiger partial charge in [-0.2, -0.15) is 0 Å². The fourth-order valence-corrected chi connectivity index (χ4v) is 3.77. The number of anilines is 3. The molecule has 0 saturated heterocycles. The van der Waals surface area contributed by atoms with Crippen molar-refractivity contribution in [3.63, 3.8) is 0 Å². The summed E-state index contributed by atoms with van der Waals surface area (Å²) in [7, 11) is 4.04. The zero-order chi connectivity index (χ0) is 22.0. The quantitative estimate of drug-likeness (QED) is 0.341. The molecular weight excluding hydrogens is 524 g/mol. The Hall–Kier alpha value is -2.98. The van der Waals surface area contributed by atoms with Crippen LogP contribution in [-0.2, 0) is 0 Å². The number of benzene rings is 1. The molecule has 0 aliphatic heterocycles. The molecule has 0 saturated carbocycles. The van der Waals surface area contributed by atoms with Crippen LogP contribution in [0.4, 0.5) is 17.2 Å². The van der Waals surface area contributed by atoms with E-state index in [0.717, 1.165) is 43.4 Å². The fraction of sp³-hybridized carbons (Fsp3) is 0.143. The summed E-state index contributed by atoms with van der Waals surface area (Å²) in [4.78, 5) is 19.1. The number of halogens is 2. The average Bonchev–Trinajstić information content (AvgIpc) is 3.34. The standard InChI is InChI=1S/C14H14BrN5.C7H6BrN3/c1-19(2)11-5-3-4-10(8-11)18-13-14-17-9-12(15)20(14)7-6-16-13;1-5-7-10-4-6(8)11(7)3-2-9-5/h3-9H,1-2H3,(H,16,18);2-4H,1H3. The third kappa shape index (κ3) is 4.54. The molecule has 1 aromatic carbocycles. The van der Waals surface area contributed by atoms with Crippen molar-refractivity contribution in [1.29, 1.82) is 0 Å². The van der Waals surface area contributed by atoms with Gasteiger partial charge in [-0.15, -0.1) is 0 Å². The van der Waals surface area contributed by atoms with Crippen LogP contribution in [0, 0.1) is 6.92 Å². The summed E-state index contributed by atoms with van der Waals surface area (Å²) in [6, 6.07) is 8.16. The van der Waals surface area contributed by atoms with E-state index in [1.807, 2.05) is 54.3 Å². The minimum Gasteiger partial charge on any atom is -0.378 e. The van der Waals surface area contributed by atoms with E-state index in [9.17, 15) is 0 Å². The van der Waals surface area contributed by atoms with Crippen molar-refractivity contribution in [2.24, 2.45) is 0 Å². The van der Waals surface area contributed by atoms with Crippen molar-refractivity contribution in [2.45, 2.75) is 6.92 Å². The van der Waals surface area contributed by atoms with Crippen molar-refractivity contribution in [2.75, 3.05) is 24.3 Å². The van der Waals surface area contributed by atoms with Gasteiger partial charge in [-0.05, 0) is 57.0 Å². The number of nitrogens with zero attached hydrogens (tertiary/aromatic N) is 7. The lowest BCUT2D eigenvalue weighted by Gasteiger charge is -2.14. The third-order valence-corrected chi connectivity index (χ3v) is 5.74. The smallest absolute Gasteiger partial charge is 0.181 e. The van der Waals surface area contributed by atoms with Crippen LogP contribution in [-0.4, -0.2) is 42.8 Å². The minimum absolute atomic E-state index is 0.731. The molecule has 0 bridgehead atoms. The van der Waals surface area contributed by atoms with E-state index in [0.29, 0.717) is 0 Å². The molecule has 0 unspecified atom stereocenters. The normalized spacial score (nSPS) is 10.7. The van der Waals surface area contributed by atoms with Crippen LogP contribution in [0.25, 0.3) is 11.3 Å². The Morgan fingerprint density at radius 1 is 0.871 bits per heavy atom. The van der Waals surface area contributed by atoms with Gasteiger partial charge >= 0.3 is 0 Å². The van der Waals surface area contributed by atoms with Gasteiger partial charge in [0.2, 0.25) is 0 Å². The van der Waals surface area contributed by atoms with E-state index in [-0.39, 0.29) is 0 Å². The average molecular weight is 544 g/mol. The van der Waals surface area contributed by atoms with E-state index >= 15 is 0 Å². The molecule has 10 heteroatoms. The maximum atomic E-state index is 4.36. The van der Waals surface area contributed by atoms with Gasteiger partial charge < -0.3 is 10.2 Å². The highest BCUT2D eigenvalue weighted by Crippen LogP contribution is 2.24. The van der Waals surface area contributed by atoms with Crippen molar-refractivity contribution in [1.82, 2.24) is 28.7 Å². The molecule has 0 atom stereocenters. The molecule has 0 amide bonds. The van der Waals surface area contributed by atoms with Crippen LogP contribution in [0.5, 0.6) is 0 Å². The van der Waals surface area contributed by atoms with Crippen LogP contribution >= 0.6 is 31.9 Å². The Kier molecular flexibility index (Phi) is 6.19. The van der Waals surface area contributed by atoms with Gasteiger partial charge in [-0.25, -0.2) is 15.0 Å². The van der Waals surface area contributed by atoms with E-state index < -0.39 is 0 Å². The largest absolute Gasteiger partial charge is 0.378 e. The predicted octanol–water partition coefficient (Wildman–Crippen LogP) is 5.10. The highest BCUT2D eigenvalue weighted by atomic mass is 79.9. The fourth-order valence-electron chi connectivity index (χ4n) is 3.00. The predicted molar refractivity (Wildman–Crippen MR) is 130 cm³/mol. The highest BCUT2D eigenvalue weighted by Gasteiger charge is 2.07. The Morgan fingerprint density at radius 3 is 2.19 bits per heavy atom. The van der Waals surface area contributed by atoms with Gasteiger partial charge in [0.05, 0.1) is 18.1 Å². The highest BCUT2D eigenvalue weighted by molar-refractivity contribution is 9.10. The van der Waals surface area contributed by atoms with E-state index in [1.165, 1.54) is 0 Å². The molecule has 8 nitrogen and oxygen atoms in total. The van der Waals surface area contributed by atoms with Crippen molar-refractivity contribution >= 4 is 60.3 Å². The summed E-state index contributed by atoms with van der Waals surface area (Å²) in [6.07, 6.45) is 10.8. The Labute approximate surface area is 196 Å². The second-order valence-corrected chi connectivity index (χ2v) is 8.53. The lowest BCUT2D eigenvalue weighted by Crippen LogP contribution is -2.08. The van der Waals surface area contributed by atoms with E-state index in [1.54, 1.807) is 24.8 Å². The van der Waals surface area contributed by atoms with Crippen LogP contribution in [0.3, 0.4) is 0 Å². The molecule has 0 aliphatic carbocycles. The monoisotopic (exact) mass is 542 g/mol. The van der Waals surface area contributed by atoms with Crippen molar-refractivity contribution in [3.8, 4) is 0 Å². The van der Waals surface area contributed by atoms with Gasteiger partial charge in [-0.3, -0.25) is 13.8 Å². The Bertz CT molecular complexity index is 1340. The van der Waals surface area contributed by atoms with Crippen LogP contribution in [0.2, 0.25) is 0 Å². The summed E-state index contributed by atoms with van der Waals surface area (Å²) in [5.41, 5.74) is 4.75. The number of fused-ring (bicyclic) bond motifs is 2. The van der Waals surface area contributed by atoms with Gasteiger partial charge in [0.15, 0.2) is 17.1 Å². The molecule has 4 aromatic heterocycles. The number of aryl methyl sites for hydroxylation is 1. The Balaban J connectivity index is 0.000000177.